The lowest BCUT2D eigenvalue weighted by Gasteiger charge is -2.15. The molecule has 1 N–H and O–H groups in total. The van der Waals surface area contributed by atoms with Gasteiger partial charge in [-0.25, -0.2) is 26.3 Å². The van der Waals surface area contributed by atoms with Crippen molar-refractivity contribution in [2.75, 3.05) is 0 Å². The summed E-state index contributed by atoms with van der Waals surface area (Å²) in [5.41, 5.74) is 0. The minimum Gasteiger partial charge on any atom is -0.208 e. The highest BCUT2D eigenvalue weighted by atomic mass is 32.2. The molecule has 0 amide bonds. The maximum Gasteiger partial charge on any atom is 0.243 e. The van der Waals surface area contributed by atoms with E-state index in [0.29, 0.717) is 24.5 Å². The van der Waals surface area contributed by atoms with Gasteiger partial charge in [0, 0.05) is 6.04 Å². The number of hydrogen-bond donors (Lipinski definition) is 1. The molecule has 0 aromatic heterocycles. The monoisotopic (exact) mass is 309 g/mol. The van der Waals surface area contributed by atoms with Crippen LogP contribution in [-0.4, -0.2) is 14.5 Å². The van der Waals surface area contributed by atoms with Crippen LogP contribution in [-0.2, 0) is 10.0 Å². The summed E-state index contributed by atoms with van der Waals surface area (Å²) in [6, 6.07) is 0.881. The summed E-state index contributed by atoms with van der Waals surface area (Å²) in [7, 11) is -4.21. The molecule has 1 unspecified atom stereocenters. The van der Waals surface area contributed by atoms with E-state index in [1.807, 2.05) is 13.8 Å². The highest BCUT2D eigenvalue weighted by molar-refractivity contribution is 7.89. The van der Waals surface area contributed by atoms with E-state index < -0.39 is 38.4 Å². The van der Waals surface area contributed by atoms with Gasteiger partial charge in [0.25, 0.3) is 0 Å². The van der Waals surface area contributed by atoms with Crippen LogP contribution < -0.4 is 4.72 Å². The van der Waals surface area contributed by atoms with Crippen molar-refractivity contribution in [3.63, 3.8) is 0 Å². The van der Waals surface area contributed by atoms with Crippen LogP contribution >= 0.6 is 0 Å². The third-order valence-corrected chi connectivity index (χ3v) is 4.43. The second kappa shape index (κ2) is 6.58. The van der Waals surface area contributed by atoms with Gasteiger partial charge in [0.1, 0.15) is 4.90 Å². The maximum atomic E-state index is 13.5. The zero-order valence-electron chi connectivity index (χ0n) is 11.6. The van der Waals surface area contributed by atoms with Gasteiger partial charge >= 0.3 is 0 Å². The molecule has 1 rings (SSSR count). The van der Waals surface area contributed by atoms with Crippen LogP contribution in [0.25, 0.3) is 0 Å². The van der Waals surface area contributed by atoms with Crippen LogP contribution in [0.5, 0.6) is 0 Å². The van der Waals surface area contributed by atoms with E-state index in [4.69, 9.17) is 0 Å². The number of nitrogens with one attached hydrogen (secondary N) is 1. The SMILES string of the molecule is CC(C)CCC(C)NS(=O)(=O)c1ccc(F)c(F)c1F. The van der Waals surface area contributed by atoms with Crippen LogP contribution in [0.1, 0.15) is 33.6 Å². The summed E-state index contributed by atoms with van der Waals surface area (Å²) in [4.78, 5) is -0.882. The van der Waals surface area contributed by atoms with E-state index in [9.17, 15) is 21.6 Å². The smallest absolute Gasteiger partial charge is 0.208 e. The molecule has 0 radical (unpaired) electrons. The first-order valence-electron chi connectivity index (χ1n) is 6.31. The van der Waals surface area contributed by atoms with Gasteiger partial charge in [-0.3, -0.25) is 0 Å². The lowest BCUT2D eigenvalue weighted by Crippen LogP contribution is -2.33. The Labute approximate surface area is 117 Å². The second-order valence-electron chi connectivity index (χ2n) is 5.17. The summed E-state index contributed by atoms with van der Waals surface area (Å²) in [6.07, 6.45) is 1.37. The number of sulfonamides is 1. The lowest BCUT2D eigenvalue weighted by molar-refractivity contribution is 0.430. The zero-order valence-corrected chi connectivity index (χ0v) is 12.4. The molecule has 0 aliphatic rings. The normalized spacial score (nSPS) is 13.8. The summed E-state index contributed by atoms with van der Waals surface area (Å²) in [5.74, 6) is -4.51. The van der Waals surface area contributed by atoms with Crippen LogP contribution in [0.4, 0.5) is 13.2 Å². The zero-order chi connectivity index (χ0) is 15.5. The van der Waals surface area contributed by atoms with Crippen molar-refractivity contribution in [1.82, 2.24) is 4.72 Å². The van der Waals surface area contributed by atoms with Gasteiger partial charge in [0.15, 0.2) is 17.5 Å². The van der Waals surface area contributed by atoms with E-state index in [1.165, 1.54) is 0 Å². The van der Waals surface area contributed by atoms with Gasteiger partial charge in [0.05, 0.1) is 0 Å². The molecule has 20 heavy (non-hydrogen) atoms. The van der Waals surface area contributed by atoms with Gasteiger partial charge in [-0.1, -0.05) is 13.8 Å². The Morgan fingerprint density at radius 2 is 1.65 bits per heavy atom. The first kappa shape index (κ1) is 17.0. The molecular weight excluding hydrogens is 291 g/mol. The summed E-state index contributed by atoms with van der Waals surface area (Å²) in [6.45, 7) is 5.63. The predicted molar refractivity (Wildman–Crippen MR) is 70.2 cm³/mol. The van der Waals surface area contributed by atoms with Gasteiger partial charge < -0.3 is 0 Å². The number of rotatable bonds is 6. The molecule has 0 aliphatic carbocycles. The summed E-state index contributed by atoms with van der Waals surface area (Å²) < 4.78 is 65.5. The number of benzene rings is 1. The van der Waals surface area contributed by atoms with Gasteiger partial charge in [-0.05, 0) is 37.8 Å². The van der Waals surface area contributed by atoms with Gasteiger partial charge in [-0.2, -0.15) is 0 Å². The maximum absolute atomic E-state index is 13.5. The molecule has 1 atom stereocenters. The Kier molecular flexibility index (Phi) is 5.59. The summed E-state index contributed by atoms with van der Waals surface area (Å²) >= 11 is 0. The Morgan fingerprint density at radius 1 is 1.05 bits per heavy atom. The fourth-order valence-electron chi connectivity index (χ4n) is 1.69. The lowest BCUT2D eigenvalue weighted by atomic mass is 10.1. The van der Waals surface area contributed by atoms with Gasteiger partial charge in [0.2, 0.25) is 10.0 Å². The van der Waals surface area contributed by atoms with Gasteiger partial charge in [-0.15, -0.1) is 0 Å². The van der Waals surface area contributed by atoms with Crippen molar-refractivity contribution in [1.29, 1.82) is 0 Å². The quantitative estimate of drug-likeness (QED) is 0.820. The fourth-order valence-corrected chi connectivity index (χ4v) is 3.03. The fraction of sp³-hybridized carbons (Fsp3) is 0.538. The number of hydrogen-bond acceptors (Lipinski definition) is 2. The average molecular weight is 309 g/mol. The largest absolute Gasteiger partial charge is 0.243 e. The van der Waals surface area contributed by atoms with E-state index in [-0.39, 0.29) is 0 Å². The van der Waals surface area contributed by atoms with Crippen LogP contribution in [0.15, 0.2) is 17.0 Å². The van der Waals surface area contributed by atoms with E-state index in [0.717, 1.165) is 6.42 Å². The molecule has 0 saturated carbocycles. The Balaban J connectivity index is 2.92. The Morgan fingerprint density at radius 3 is 2.20 bits per heavy atom. The molecule has 1 aromatic rings. The van der Waals surface area contributed by atoms with Crippen molar-refractivity contribution in [2.24, 2.45) is 5.92 Å². The third-order valence-electron chi connectivity index (χ3n) is 2.82. The topological polar surface area (TPSA) is 46.2 Å². The molecule has 0 aliphatic heterocycles. The minimum atomic E-state index is -4.21. The first-order chi connectivity index (χ1) is 9.15. The van der Waals surface area contributed by atoms with E-state index in [2.05, 4.69) is 4.72 Å². The highest BCUT2D eigenvalue weighted by Gasteiger charge is 2.25. The van der Waals surface area contributed by atoms with Crippen molar-refractivity contribution < 1.29 is 21.6 Å². The standard InChI is InChI=1S/C13H18F3NO2S/c1-8(2)4-5-9(3)17-20(18,19)11-7-6-10(14)12(15)13(11)16/h6-9,17H,4-5H2,1-3H3. The molecule has 0 fully saturated rings. The molecular formula is C13H18F3NO2S. The van der Waals surface area contributed by atoms with Crippen molar-refractivity contribution in [3.8, 4) is 0 Å². The van der Waals surface area contributed by atoms with Crippen molar-refractivity contribution >= 4 is 10.0 Å². The molecule has 1 aromatic carbocycles. The Hall–Kier alpha value is -1.08. The Bertz CT molecular complexity index is 573. The second-order valence-corrected chi connectivity index (χ2v) is 6.85. The predicted octanol–water partition coefficient (Wildman–Crippen LogP) is 3.21. The van der Waals surface area contributed by atoms with Crippen molar-refractivity contribution in [3.05, 3.63) is 29.6 Å². The third kappa shape index (κ3) is 4.21. The number of halogens is 3. The van der Waals surface area contributed by atoms with E-state index in [1.54, 1.807) is 6.92 Å². The van der Waals surface area contributed by atoms with E-state index >= 15 is 0 Å². The molecule has 0 spiro atoms. The first-order valence-corrected chi connectivity index (χ1v) is 7.79. The average Bonchev–Trinajstić information content (AvgIpc) is 2.32. The molecule has 0 saturated heterocycles. The molecule has 3 nitrogen and oxygen atoms in total. The molecule has 0 heterocycles. The summed E-state index contributed by atoms with van der Waals surface area (Å²) in [5, 5.41) is 0. The van der Waals surface area contributed by atoms with Crippen molar-refractivity contribution in [2.45, 2.75) is 44.6 Å². The highest BCUT2D eigenvalue weighted by Crippen LogP contribution is 2.20. The molecule has 114 valence electrons. The molecule has 0 bridgehead atoms. The minimum absolute atomic E-state index is 0.405. The molecule has 7 heteroatoms. The van der Waals surface area contributed by atoms with Crippen LogP contribution in [0.2, 0.25) is 0 Å². The van der Waals surface area contributed by atoms with Crippen LogP contribution in [0.3, 0.4) is 0 Å². The van der Waals surface area contributed by atoms with Crippen LogP contribution in [0, 0.1) is 23.4 Å².